The highest BCUT2D eigenvalue weighted by molar-refractivity contribution is 6.62. The van der Waals surface area contributed by atoms with Crippen LogP contribution in [-0.2, 0) is 29.4 Å². The molecule has 3 aromatic rings. The summed E-state index contributed by atoms with van der Waals surface area (Å²) in [4.78, 5) is 0. The van der Waals surface area contributed by atoms with Gasteiger partial charge in [-0.15, -0.1) is 0 Å². The van der Waals surface area contributed by atoms with Crippen molar-refractivity contribution in [2.24, 2.45) is 0 Å². The lowest BCUT2D eigenvalue weighted by atomic mass is 9.62. The van der Waals surface area contributed by atoms with E-state index < -0.39 is 0 Å². The standard InChI is InChI=1S/C48H68B2O4/c1-13-17-27-47(28-18-14-2)39-31-33(49-51-43(5,6)44(7,8)52-49)21-23-35(39)37-25-26-38-36-24-22-34(50-53-45(9,10)46(11,12)54-50)32-40(36)48(29-19-15-3,30-20-16-4)42(38)41(37)47/h21-26,31-32H,13-20,27-30H2,1-12H3. The zero-order valence-corrected chi connectivity index (χ0v) is 35.9. The van der Waals surface area contributed by atoms with E-state index >= 15 is 0 Å². The van der Waals surface area contributed by atoms with Crippen LogP contribution in [-0.4, -0.2) is 36.6 Å². The molecule has 2 heterocycles. The van der Waals surface area contributed by atoms with Gasteiger partial charge in [-0.25, -0.2) is 0 Å². The van der Waals surface area contributed by atoms with Crippen molar-refractivity contribution in [2.45, 2.75) is 193 Å². The Balaban J connectivity index is 1.46. The first kappa shape index (κ1) is 39.8. The highest BCUT2D eigenvalue weighted by atomic mass is 16.7. The van der Waals surface area contributed by atoms with Crippen LogP contribution in [0.25, 0.3) is 22.3 Å². The molecule has 0 bridgehead atoms. The van der Waals surface area contributed by atoms with Crippen molar-refractivity contribution in [3.63, 3.8) is 0 Å². The van der Waals surface area contributed by atoms with Crippen LogP contribution in [0.1, 0.15) is 182 Å². The summed E-state index contributed by atoms with van der Waals surface area (Å²) in [5.41, 5.74) is 12.6. The Labute approximate surface area is 329 Å². The smallest absolute Gasteiger partial charge is 0.399 e. The van der Waals surface area contributed by atoms with Gasteiger partial charge in [0.25, 0.3) is 0 Å². The van der Waals surface area contributed by atoms with Gasteiger partial charge in [0.1, 0.15) is 0 Å². The van der Waals surface area contributed by atoms with E-state index in [1.54, 1.807) is 11.1 Å². The first-order valence-corrected chi connectivity index (χ1v) is 21.7. The van der Waals surface area contributed by atoms with Gasteiger partial charge in [-0.05, 0) is 137 Å². The molecule has 2 saturated heterocycles. The van der Waals surface area contributed by atoms with Crippen LogP contribution in [0.2, 0.25) is 0 Å². The Bertz CT molecular complexity index is 1690. The highest BCUT2D eigenvalue weighted by Gasteiger charge is 2.56. The summed E-state index contributed by atoms with van der Waals surface area (Å²) in [7, 11) is -0.758. The van der Waals surface area contributed by atoms with Crippen LogP contribution in [0.3, 0.4) is 0 Å². The lowest BCUT2D eigenvalue weighted by Crippen LogP contribution is -2.41. The topological polar surface area (TPSA) is 36.9 Å². The van der Waals surface area contributed by atoms with Crippen LogP contribution in [0.15, 0.2) is 48.5 Å². The zero-order valence-electron chi connectivity index (χ0n) is 35.9. The molecule has 2 aliphatic heterocycles. The molecule has 0 N–H and O–H groups in total. The first-order chi connectivity index (χ1) is 25.5. The molecule has 4 nitrogen and oxygen atoms in total. The molecule has 0 unspecified atom stereocenters. The Hall–Kier alpha value is -2.37. The van der Waals surface area contributed by atoms with E-state index in [0.29, 0.717) is 0 Å². The molecule has 0 radical (unpaired) electrons. The van der Waals surface area contributed by atoms with Gasteiger partial charge >= 0.3 is 14.2 Å². The van der Waals surface area contributed by atoms with Crippen molar-refractivity contribution >= 4 is 25.2 Å². The minimum atomic E-state index is -0.384. The minimum absolute atomic E-state index is 0.0814. The van der Waals surface area contributed by atoms with Crippen LogP contribution < -0.4 is 10.9 Å². The number of benzene rings is 3. The molecule has 0 spiro atoms. The van der Waals surface area contributed by atoms with Crippen molar-refractivity contribution in [1.29, 1.82) is 0 Å². The van der Waals surface area contributed by atoms with E-state index in [9.17, 15) is 0 Å². The maximum Gasteiger partial charge on any atom is 0.494 e. The van der Waals surface area contributed by atoms with Gasteiger partial charge in [-0.2, -0.15) is 0 Å². The van der Waals surface area contributed by atoms with Crippen LogP contribution >= 0.6 is 0 Å². The van der Waals surface area contributed by atoms with E-state index in [-0.39, 0.29) is 47.5 Å². The fourth-order valence-corrected chi connectivity index (χ4v) is 10.2. The molecule has 54 heavy (non-hydrogen) atoms. The van der Waals surface area contributed by atoms with Gasteiger partial charge in [0.05, 0.1) is 22.4 Å². The van der Waals surface area contributed by atoms with E-state index in [2.05, 4.69) is 132 Å². The van der Waals surface area contributed by atoms with Crippen LogP contribution in [0.4, 0.5) is 0 Å². The number of fused-ring (bicyclic) bond motifs is 7. The molecular weight excluding hydrogens is 662 g/mol. The largest absolute Gasteiger partial charge is 0.494 e. The molecule has 4 aliphatic rings. The summed E-state index contributed by atoms with van der Waals surface area (Å²) >= 11 is 0. The van der Waals surface area contributed by atoms with Crippen molar-refractivity contribution < 1.29 is 18.6 Å². The third kappa shape index (κ3) is 6.11. The van der Waals surface area contributed by atoms with E-state index in [0.717, 1.165) is 36.6 Å². The summed E-state index contributed by atoms with van der Waals surface area (Å²) < 4.78 is 26.8. The van der Waals surface area contributed by atoms with Crippen molar-refractivity contribution in [3.8, 4) is 22.3 Å². The number of hydrogen-bond acceptors (Lipinski definition) is 4. The third-order valence-electron chi connectivity index (χ3n) is 14.7. The Morgan fingerprint density at radius 3 is 0.963 bits per heavy atom. The molecule has 3 aromatic carbocycles. The number of rotatable bonds is 14. The molecule has 7 rings (SSSR count). The maximum absolute atomic E-state index is 6.69. The molecule has 0 atom stereocenters. The van der Waals surface area contributed by atoms with Gasteiger partial charge in [0.2, 0.25) is 0 Å². The molecule has 290 valence electrons. The second-order valence-corrected chi connectivity index (χ2v) is 19.3. The van der Waals surface area contributed by atoms with Crippen molar-refractivity contribution in [3.05, 3.63) is 70.8 Å². The average molecular weight is 731 g/mol. The third-order valence-corrected chi connectivity index (χ3v) is 14.7. The molecule has 2 aliphatic carbocycles. The normalized spacial score (nSPS) is 21.6. The second-order valence-electron chi connectivity index (χ2n) is 19.3. The number of unbranched alkanes of at least 4 members (excludes halogenated alkanes) is 4. The SMILES string of the molecule is CCCCC1(CCCC)c2cc(B3OC(C)(C)C(C)(C)O3)ccc2-c2ccc3c(c21)C(CCCC)(CCCC)c1cc(B2OC(C)(C)C(C)(C)O2)ccc1-3. The van der Waals surface area contributed by atoms with Gasteiger partial charge in [-0.1, -0.05) is 128 Å². The minimum Gasteiger partial charge on any atom is -0.399 e. The molecule has 0 aromatic heterocycles. The van der Waals surface area contributed by atoms with E-state index in [1.807, 2.05) is 0 Å². The fourth-order valence-electron chi connectivity index (χ4n) is 10.2. The fraction of sp³-hybridized carbons (Fsp3) is 0.625. The second kappa shape index (κ2) is 14.2. The maximum atomic E-state index is 6.69. The monoisotopic (exact) mass is 731 g/mol. The van der Waals surface area contributed by atoms with E-state index in [1.165, 1.54) is 84.7 Å². The Morgan fingerprint density at radius 2 is 0.685 bits per heavy atom. The predicted molar refractivity (Wildman–Crippen MR) is 228 cm³/mol. The summed E-state index contributed by atoms with van der Waals surface area (Å²) in [6, 6.07) is 19.4. The molecule has 0 saturated carbocycles. The molecular formula is C48H68B2O4. The highest BCUT2D eigenvalue weighted by Crippen LogP contribution is 2.63. The summed E-state index contributed by atoms with van der Waals surface area (Å²) in [5, 5.41) is 0. The summed E-state index contributed by atoms with van der Waals surface area (Å²) in [5.74, 6) is 0. The lowest BCUT2D eigenvalue weighted by molar-refractivity contribution is 0.00578. The Kier molecular flexibility index (Phi) is 10.5. The zero-order chi connectivity index (χ0) is 38.9. The summed E-state index contributed by atoms with van der Waals surface area (Å²) in [6.45, 7) is 26.7. The van der Waals surface area contributed by atoms with Crippen LogP contribution in [0, 0.1) is 0 Å². The van der Waals surface area contributed by atoms with E-state index in [4.69, 9.17) is 18.6 Å². The Morgan fingerprint density at radius 1 is 0.407 bits per heavy atom. The summed E-state index contributed by atoms with van der Waals surface area (Å²) in [6.07, 6.45) is 14.1. The average Bonchev–Trinajstić information content (AvgIpc) is 3.73. The molecule has 6 heteroatoms. The van der Waals surface area contributed by atoms with Crippen LogP contribution in [0.5, 0.6) is 0 Å². The van der Waals surface area contributed by atoms with Gasteiger partial charge in [0.15, 0.2) is 0 Å². The predicted octanol–water partition coefficient (Wildman–Crippen LogP) is 11.6. The van der Waals surface area contributed by atoms with Crippen molar-refractivity contribution in [1.82, 2.24) is 0 Å². The van der Waals surface area contributed by atoms with Crippen molar-refractivity contribution in [2.75, 3.05) is 0 Å². The quantitative estimate of drug-likeness (QED) is 0.155. The van der Waals surface area contributed by atoms with Gasteiger partial charge < -0.3 is 18.6 Å². The van der Waals surface area contributed by atoms with Gasteiger partial charge in [-0.3, -0.25) is 0 Å². The molecule has 0 amide bonds. The molecule has 2 fully saturated rings. The first-order valence-electron chi connectivity index (χ1n) is 21.7. The number of hydrogen-bond donors (Lipinski definition) is 0. The van der Waals surface area contributed by atoms with Gasteiger partial charge in [0, 0.05) is 10.8 Å². The lowest BCUT2D eigenvalue weighted by Gasteiger charge is -2.40.